The van der Waals surface area contributed by atoms with Gasteiger partial charge in [0.25, 0.3) is 0 Å². The molecule has 0 amide bonds. The number of ether oxygens (including phenoxy) is 1. The van der Waals surface area contributed by atoms with Crippen LogP contribution >= 0.6 is 0 Å². The highest BCUT2D eigenvalue weighted by atomic mass is 32.2. The van der Waals surface area contributed by atoms with Gasteiger partial charge in [0.05, 0.1) is 18.6 Å². The average Bonchev–Trinajstić information content (AvgIpc) is 2.78. The largest absolute Gasteiger partial charge is 0.490 e. The second-order valence-electron chi connectivity index (χ2n) is 4.78. The first kappa shape index (κ1) is 14.8. The fourth-order valence-electron chi connectivity index (χ4n) is 2.35. The summed E-state index contributed by atoms with van der Waals surface area (Å²) in [6, 6.07) is -0.0710. The number of methoxy groups -OCH3 is 1. The molecule has 1 aliphatic rings. The Hall–Kier alpha value is -1.57. The number of sulfone groups is 1. The third-order valence-corrected chi connectivity index (χ3v) is 5.17. The van der Waals surface area contributed by atoms with Crippen LogP contribution in [0.1, 0.15) is 13.3 Å². The summed E-state index contributed by atoms with van der Waals surface area (Å²) in [5.74, 6) is 2.16. The van der Waals surface area contributed by atoms with Gasteiger partial charge >= 0.3 is 0 Å². The molecule has 1 unspecified atom stereocenters. The Morgan fingerprint density at radius 3 is 2.80 bits per heavy atom. The van der Waals surface area contributed by atoms with Crippen LogP contribution in [0.15, 0.2) is 6.33 Å². The molecular formula is C12H20N4O3S. The molecule has 1 aromatic rings. The van der Waals surface area contributed by atoms with Crippen LogP contribution in [0, 0.1) is 0 Å². The molecule has 0 bridgehead atoms. The topological polar surface area (TPSA) is 84.4 Å². The van der Waals surface area contributed by atoms with Gasteiger partial charge in [-0.1, -0.05) is 0 Å². The van der Waals surface area contributed by atoms with Crippen molar-refractivity contribution in [1.29, 1.82) is 0 Å². The van der Waals surface area contributed by atoms with Gasteiger partial charge in [-0.25, -0.2) is 18.4 Å². The highest BCUT2D eigenvalue weighted by Gasteiger charge is 2.32. The quantitative estimate of drug-likeness (QED) is 0.849. The van der Waals surface area contributed by atoms with Crippen molar-refractivity contribution in [3.63, 3.8) is 0 Å². The molecule has 1 aliphatic heterocycles. The Morgan fingerprint density at radius 2 is 2.25 bits per heavy atom. The highest BCUT2D eigenvalue weighted by molar-refractivity contribution is 7.91. The lowest BCUT2D eigenvalue weighted by Gasteiger charge is -2.26. The van der Waals surface area contributed by atoms with Crippen molar-refractivity contribution in [3.05, 3.63) is 6.33 Å². The number of nitrogens with one attached hydrogen (secondary N) is 1. The van der Waals surface area contributed by atoms with Crippen LogP contribution in [0.4, 0.5) is 11.6 Å². The SMILES string of the molecule is CCNc1ncnc(N(C)C2CCS(=O)(=O)C2)c1OC. The van der Waals surface area contributed by atoms with Crippen molar-refractivity contribution in [2.24, 2.45) is 0 Å². The summed E-state index contributed by atoms with van der Waals surface area (Å²) in [5.41, 5.74) is 0. The number of hydrogen-bond acceptors (Lipinski definition) is 7. The van der Waals surface area contributed by atoms with Crippen molar-refractivity contribution in [2.45, 2.75) is 19.4 Å². The van der Waals surface area contributed by atoms with Gasteiger partial charge in [0.1, 0.15) is 6.33 Å². The Bertz CT molecular complexity index is 576. The molecule has 0 radical (unpaired) electrons. The molecule has 0 aliphatic carbocycles. The number of nitrogens with zero attached hydrogens (tertiary/aromatic N) is 3. The van der Waals surface area contributed by atoms with Crippen molar-refractivity contribution < 1.29 is 13.2 Å². The third kappa shape index (κ3) is 2.95. The van der Waals surface area contributed by atoms with Crippen LogP contribution in [0.5, 0.6) is 5.75 Å². The zero-order chi connectivity index (χ0) is 14.8. The zero-order valence-corrected chi connectivity index (χ0v) is 12.8. The van der Waals surface area contributed by atoms with E-state index in [1.807, 2.05) is 18.9 Å². The van der Waals surface area contributed by atoms with E-state index in [9.17, 15) is 8.42 Å². The lowest BCUT2D eigenvalue weighted by molar-refractivity contribution is 0.411. The van der Waals surface area contributed by atoms with Crippen LogP contribution in [0.25, 0.3) is 0 Å². The maximum Gasteiger partial charge on any atom is 0.204 e. The standard InChI is InChI=1S/C12H20N4O3S/c1-4-13-11-10(19-3)12(15-8-14-11)16(2)9-5-6-20(17,18)7-9/h8-9H,4-7H2,1-3H3,(H,13,14,15). The fourth-order valence-corrected chi connectivity index (χ4v) is 4.13. The van der Waals surface area contributed by atoms with E-state index in [2.05, 4.69) is 15.3 Å². The van der Waals surface area contributed by atoms with E-state index in [1.165, 1.54) is 6.33 Å². The summed E-state index contributed by atoms with van der Waals surface area (Å²) in [6.45, 7) is 2.68. The van der Waals surface area contributed by atoms with Crippen molar-refractivity contribution in [3.8, 4) is 5.75 Å². The van der Waals surface area contributed by atoms with E-state index in [0.29, 0.717) is 30.4 Å². The van der Waals surface area contributed by atoms with Crippen LogP contribution in [-0.4, -0.2) is 56.6 Å². The van der Waals surface area contributed by atoms with Crippen LogP contribution in [0.3, 0.4) is 0 Å². The van der Waals surface area contributed by atoms with Gasteiger partial charge in [0.15, 0.2) is 21.5 Å². The highest BCUT2D eigenvalue weighted by Crippen LogP contribution is 2.33. The first-order chi connectivity index (χ1) is 9.48. The lowest BCUT2D eigenvalue weighted by atomic mass is 10.2. The van der Waals surface area contributed by atoms with E-state index in [1.54, 1.807) is 7.11 Å². The molecule has 8 heteroatoms. The van der Waals surface area contributed by atoms with Crippen molar-refractivity contribution >= 4 is 21.5 Å². The minimum absolute atomic E-state index is 0.0710. The predicted molar refractivity (Wildman–Crippen MR) is 78.2 cm³/mol. The summed E-state index contributed by atoms with van der Waals surface area (Å²) >= 11 is 0. The van der Waals surface area contributed by atoms with Gasteiger partial charge in [-0.05, 0) is 13.3 Å². The van der Waals surface area contributed by atoms with E-state index in [-0.39, 0.29) is 17.5 Å². The molecule has 1 fully saturated rings. The maximum atomic E-state index is 11.6. The lowest BCUT2D eigenvalue weighted by Crippen LogP contribution is -2.33. The predicted octanol–water partition coefficient (Wildman–Crippen LogP) is 0.540. The normalized spacial score (nSPS) is 20.6. The van der Waals surface area contributed by atoms with Crippen LogP contribution < -0.4 is 15.0 Å². The Balaban J connectivity index is 2.30. The first-order valence-corrected chi connectivity index (χ1v) is 8.36. The molecule has 2 rings (SSSR count). The molecule has 2 heterocycles. The van der Waals surface area contributed by atoms with E-state index < -0.39 is 9.84 Å². The summed E-state index contributed by atoms with van der Waals surface area (Å²) in [6.07, 6.45) is 2.07. The number of hydrogen-bond donors (Lipinski definition) is 1. The molecule has 1 N–H and O–H groups in total. The molecule has 20 heavy (non-hydrogen) atoms. The molecule has 1 aromatic heterocycles. The summed E-state index contributed by atoms with van der Waals surface area (Å²) in [4.78, 5) is 10.3. The maximum absolute atomic E-state index is 11.6. The number of aromatic nitrogens is 2. The Labute approximate surface area is 119 Å². The summed E-state index contributed by atoms with van der Waals surface area (Å²) in [5, 5.41) is 3.11. The number of rotatable bonds is 5. The Kier molecular flexibility index (Phi) is 4.32. The van der Waals surface area contributed by atoms with Gasteiger partial charge in [0.2, 0.25) is 5.75 Å². The van der Waals surface area contributed by atoms with Gasteiger partial charge < -0.3 is 15.0 Å². The summed E-state index contributed by atoms with van der Waals surface area (Å²) in [7, 11) is 0.467. The zero-order valence-electron chi connectivity index (χ0n) is 12.0. The second-order valence-corrected chi connectivity index (χ2v) is 7.01. The van der Waals surface area contributed by atoms with E-state index >= 15 is 0 Å². The molecule has 0 aromatic carbocycles. The summed E-state index contributed by atoms with van der Waals surface area (Å²) < 4.78 is 28.6. The number of anilines is 2. The fraction of sp³-hybridized carbons (Fsp3) is 0.667. The molecule has 0 spiro atoms. The van der Waals surface area contributed by atoms with E-state index in [4.69, 9.17) is 4.74 Å². The Morgan fingerprint density at radius 1 is 1.50 bits per heavy atom. The van der Waals surface area contributed by atoms with Gasteiger partial charge in [-0.3, -0.25) is 0 Å². The van der Waals surface area contributed by atoms with Gasteiger partial charge in [-0.15, -0.1) is 0 Å². The molecule has 1 atom stereocenters. The first-order valence-electron chi connectivity index (χ1n) is 6.54. The molecular weight excluding hydrogens is 280 g/mol. The minimum Gasteiger partial charge on any atom is -0.490 e. The van der Waals surface area contributed by atoms with Crippen molar-refractivity contribution in [1.82, 2.24) is 9.97 Å². The minimum atomic E-state index is -2.93. The van der Waals surface area contributed by atoms with Crippen LogP contribution in [-0.2, 0) is 9.84 Å². The monoisotopic (exact) mass is 300 g/mol. The molecule has 1 saturated heterocycles. The van der Waals surface area contributed by atoms with E-state index in [0.717, 1.165) is 0 Å². The third-order valence-electron chi connectivity index (χ3n) is 3.42. The average molecular weight is 300 g/mol. The second kappa shape index (κ2) is 5.82. The van der Waals surface area contributed by atoms with Gasteiger partial charge in [0, 0.05) is 19.6 Å². The molecule has 7 nitrogen and oxygen atoms in total. The van der Waals surface area contributed by atoms with Crippen LogP contribution in [0.2, 0.25) is 0 Å². The van der Waals surface area contributed by atoms with Gasteiger partial charge in [-0.2, -0.15) is 0 Å². The molecule has 112 valence electrons. The van der Waals surface area contributed by atoms with Crippen molar-refractivity contribution in [2.75, 3.05) is 42.4 Å². The molecule has 0 saturated carbocycles. The smallest absolute Gasteiger partial charge is 0.204 e.